The van der Waals surface area contributed by atoms with Gasteiger partial charge in [-0.15, -0.1) is 0 Å². The summed E-state index contributed by atoms with van der Waals surface area (Å²) in [7, 11) is 0. The van der Waals surface area contributed by atoms with Crippen molar-refractivity contribution in [2.45, 2.75) is 19.3 Å². The molecule has 0 spiro atoms. The number of pyridine rings is 1. The van der Waals surface area contributed by atoms with E-state index < -0.39 is 0 Å². The first-order chi connectivity index (χ1) is 11.6. The van der Waals surface area contributed by atoms with Gasteiger partial charge in [0.25, 0.3) is 0 Å². The molecule has 1 aromatic carbocycles. The van der Waals surface area contributed by atoms with E-state index in [1.165, 1.54) is 12.1 Å². The summed E-state index contributed by atoms with van der Waals surface area (Å²) in [4.78, 5) is 6.50. The maximum atomic E-state index is 13.1. The Morgan fingerprint density at radius 2 is 2.08 bits per heavy atom. The van der Waals surface area contributed by atoms with Crippen molar-refractivity contribution in [1.29, 1.82) is 5.26 Å². The lowest BCUT2D eigenvalue weighted by Crippen LogP contribution is -2.47. The molecule has 0 radical (unpaired) electrons. The van der Waals surface area contributed by atoms with Gasteiger partial charge in [0.15, 0.2) is 0 Å². The van der Waals surface area contributed by atoms with Gasteiger partial charge < -0.3 is 10.0 Å². The fraction of sp³-hybridized carbons (Fsp3) is 0.368. The minimum atomic E-state index is -0.277. The highest BCUT2D eigenvalue weighted by Crippen LogP contribution is 2.35. The van der Waals surface area contributed by atoms with Crippen molar-refractivity contribution in [2.24, 2.45) is 5.41 Å². The van der Waals surface area contributed by atoms with Crippen LogP contribution < -0.4 is 4.90 Å². The number of rotatable bonds is 4. The van der Waals surface area contributed by atoms with Crippen molar-refractivity contribution in [3.63, 3.8) is 0 Å². The number of anilines is 1. The molecule has 1 aliphatic heterocycles. The third kappa shape index (κ3) is 3.55. The minimum Gasteiger partial charge on any atom is -0.396 e. The lowest BCUT2D eigenvalue weighted by Gasteiger charge is -2.42. The molecule has 3 rings (SSSR count). The van der Waals surface area contributed by atoms with Gasteiger partial charge in [-0.25, -0.2) is 9.37 Å². The van der Waals surface area contributed by atoms with Crippen LogP contribution in [0.5, 0.6) is 0 Å². The second kappa shape index (κ2) is 6.98. The van der Waals surface area contributed by atoms with E-state index in [0.29, 0.717) is 18.5 Å². The van der Waals surface area contributed by atoms with Crippen LogP contribution in [0.1, 0.15) is 24.0 Å². The van der Waals surface area contributed by atoms with Gasteiger partial charge in [0.05, 0.1) is 18.2 Å². The summed E-state index contributed by atoms with van der Waals surface area (Å²) in [6.07, 6.45) is 4.19. The summed E-state index contributed by atoms with van der Waals surface area (Å²) in [6, 6.07) is 12.1. The topological polar surface area (TPSA) is 60.2 Å². The Morgan fingerprint density at radius 3 is 2.79 bits per heavy atom. The van der Waals surface area contributed by atoms with Crippen LogP contribution in [0, 0.1) is 22.6 Å². The number of piperidine rings is 1. The molecule has 1 aliphatic rings. The largest absolute Gasteiger partial charge is 0.396 e. The first-order valence-corrected chi connectivity index (χ1v) is 8.11. The maximum absolute atomic E-state index is 13.1. The van der Waals surface area contributed by atoms with Crippen LogP contribution in [0.3, 0.4) is 0 Å². The van der Waals surface area contributed by atoms with E-state index in [9.17, 15) is 9.50 Å². The molecule has 2 aromatic rings. The number of aliphatic hydroxyl groups excluding tert-OH is 1. The van der Waals surface area contributed by atoms with Crippen LogP contribution in [0.4, 0.5) is 10.2 Å². The number of nitriles is 1. The molecule has 0 aliphatic carbocycles. The molecule has 1 aromatic heterocycles. The van der Waals surface area contributed by atoms with Gasteiger partial charge in [-0.2, -0.15) is 5.26 Å². The zero-order chi connectivity index (χ0) is 17.0. The van der Waals surface area contributed by atoms with E-state index in [2.05, 4.69) is 16.0 Å². The Labute approximate surface area is 141 Å². The Morgan fingerprint density at radius 1 is 1.29 bits per heavy atom. The summed E-state index contributed by atoms with van der Waals surface area (Å²) in [5, 5.41) is 19.1. The van der Waals surface area contributed by atoms with Crippen molar-refractivity contribution in [3.8, 4) is 6.07 Å². The van der Waals surface area contributed by atoms with Gasteiger partial charge in [-0.05, 0) is 49.1 Å². The van der Waals surface area contributed by atoms with Crippen molar-refractivity contribution >= 4 is 5.82 Å². The third-order valence-electron chi connectivity index (χ3n) is 4.69. The summed E-state index contributed by atoms with van der Waals surface area (Å²) in [6.45, 7) is 1.59. The van der Waals surface area contributed by atoms with Crippen LogP contribution in [0.25, 0.3) is 0 Å². The van der Waals surface area contributed by atoms with Crippen LogP contribution in [-0.4, -0.2) is 29.8 Å². The van der Waals surface area contributed by atoms with E-state index in [4.69, 9.17) is 5.26 Å². The molecule has 1 saturated heterocycles. The first-order valence-electron chi connectivity index (χ1n) is 8.11. The standard InChI is InChI=1S/C19H20FN3O/c20-17-4-2-15(3-5-17)11-19(14-24)7-1-9-23(13-19)18-10-16(12-21)6-8-22-18/h2-6,8,10,24H,1,7,9,11,13-14H2/t19-/m1/s1. The fourth-order valence-corrected chi connectivity index (χ4v) is 3.43. The molecule has 0 amide bonds. The first kappa shape index (κ1) is 16.4. The lowest BCUT2D eigenvalue weighted by molar-refractivity contribution is 0.105. The quantitative estimate of drug-likeness (QED) is 0.939. The van der Waals surface area contributed by atoms with Crippen molar-refractivity contribution in [1.82, 2.24) is 4.98 Å². The Bertz CT molecular complexity index is 741. The van der Waals surface area contributed by atoms with E-state index in [-0.39, 0.29) is 17.8 Å². The van der Waals surface area contributed by atoms with Gasteiger partial charge in [-0.1, -0.05) is 12.1 Å². The molecular formula is C19H20FN3O. The van der Waals surface area contributed by atoms with Gasteiger partial charge in [-0.3, -0.25) is 0 Å². The molecule has 5 heteroatoms. The predicted molar refractivity (Wildman–Crippen MR) is 90.0 cm³/mol. The molecule has 0 bridgehead atoms. The van der Waals surface area contributed by atoms with Crippen LogP contribution in [-0.2, 0) is 6.42 Å². The normalized spacial score (nSPS) is 20.6. The highest BCUT2D eigenvalue weighted by Gasteiger charge is 2.35. The Kier molecular flexibility index (Phi) is 4.77. The second-order valence-corrected chi connectivity index (χ2v) is 6.50. The number of hydrogen-bond donors (Lipinski definition) is 1. The van der Waals surface area contributed by atoms with Crippen LogP contribution in [0.15, 0.2) is 42.6 Å². The molecule has 1 atom stereocenters. The third-order valence-corrected chi connectivity index (χ3v) is 4.69. The van der Waals surface area contributed by atoms with Crippen LogP contribution >= 0.6 is 0 Å². The Hall–Kier alpha value is -2.45. The number of halogens is 1. The zero-order valence-corrected chi connectivity index (χ0v) is 13.5. The van der Waals surface area contributed by atoms with Crippen molar-refractivity contribution < 1.29 is 9.50 Å². The molecule has 1 fully saturated rings. The van der Waals surface area contributed by atoms with E-state index in [1.807, 2.05) is 0 Å². The molecule has 4 nitrogen and oxygen atoms in total. The van der Waals surface area contributed by atoms with Gasteiger partial charge >= 0.3 is 0 Å². The number of aliphatic hydroxyl groups is 1. The average Bonchev–Trinajstić information content (AvgIpc) is 2.64. The lowest BCUT2D eigenvalue weighted by atomic mass is 9.75. The van der Waals surface area contributed by atoms with Crippen molar-refractivity contribution in [2.75, 3.05) is 24.6 Å². The van der Waals surface area contributed by atoms with Crippen molar-refractivity contribution in [3.05, 3.63) is 59.5 Å². The summed E-state index contributed by atoms with van der Waals surface area (Å²) in [5.74, 6) is 0.519. The number of hydrogen-bond acceptors (Lipinski definition) is 4. The zero-order valence-electron chi connectivity index (χ0n) is 13.5. The van der Waals surface area contributed by atoms with E-state index in [1.54, 1.807) is 30.5 Å². The van der Waals surface area contributed by atoms with Gasteiger partial charge in [0, 0.05) is 24.7 Å². The second-order valence-electron chi connectivity index (χ2n) is 6.50. The van der Waals surface area contributed by atoms with Crippen LogP contribution in [0.2, 0.25) is 0 Å². The monoisotopic (exact) mass is 325 g/mol. The molecule has 1 N–H and O–H groups in total. The highest BCUT2D eigenvalue weighted by molar-refractivity contribution is 5.45. The molecule has 124 valence electrons. The SMILES string of the molecule is N#Cc1ccnc(N2CCC[C@@](CO)(Cc3ccc(F)cc3)C2)c1. The molecule has 0 unspecified atom stereocenters. The van der Waals surface area contributed by atoms with E-state index in [0.717, 1.165) is 30.8 Å². The number of nitrogens with zero attached hydrogens (tertiary/aromatic N) is 3. The molecule has 24 heavy (non-hydrogen) atoms. The van der Waals surface area contributed by atoms with E-state index >= 15 is 0 Å². The Balaban J connectivity index is 1.81. The average molecular weight is 325 g/mol. The summed E-state index contributed by atoms with van der Waals surface area (Å²) >= 11 is 0. The summed E-state index contributed by atoms with van der Waals surface area (Å²) in [5.41, 5.74) is 1.32. The maximum Gasteiger partial charge on any atom is 0.129 e. The molecule has 0 saturated carbocycles. The summed E-state index contributed by atoms with van der Waals surface area (Å²) < 4.78 is 13.1. The minimum absolute atomic E-state index is 0.0683. The molecule has 2 heterocycles. The smallest absolute Gasteiger partial charge is 0.129 e. The number of benzene rings is 1. The predicted octanol–water partition coefficient (Wildman–Crippen LogP) is 2.91. The highest BCUT2D eigenvalue weighted by atomic mass is 19.1. The van der Waals surface area contributed by atoms with Gasteiger partial charge in [0.1, 0.15) is 11.6 Å². The van der Waals surface area contributed by atoms with Gasteiger partial charge in [0.2, 0.25) is 0 Å². The molecular weight excluding hydrogens is 305 g/mol. The number of aromatic nitrogens is 1. The fourth-order valence-electron chi connectivity index (χ4n) is 3.43.